The molecule has 100 valence electrons. The molecule has 0 aliphatic rings. The van der Waals surface area contributed by atoms with Crippen molar-refractivity contribution < 1.29 is 26.6 Å². The van der Waals surface area contributed by atoms with Crippen LogP contribution in [0.15, 0.2) is 0 Å². The summed E-state index contributed by atoms with van der Waals surface area (Å²) in [6.07, 6.45) is 7.38. The maximum atomic E-state index is 8.81. The number of quaternary nitrogens is 1. The highest BCUT2D eigenvalue weighted by atomic mass is 79.9. The summed E-state index contributed by atoms with van der Waals surface area (Å²) >= 11 is 0. The fourth-order valence-electron chi connectivity index (χ4n) is 2.02. The molecule has 0 atom stereocenters. The molecule has 2 nitrogen and oxygen atoms in total. The van der Waals surface area contributed by atoms with Crippen LogP contribution in [0.25, 0.3) is 0 Å². The van der Waals surface area contributed by atoms with E-state index in [2.05, 4.69) is 20.9 Å². The topological polar surface area (TPSA) is 20.2 Å². The van der Waals surface area contributed by atoms with E-state index in [-0.39, 0.29) is 17.0 Å². The maximum Gasteiger partial charge on any atom is 0.0785 e. The molecule has 0 aromatic rings. The van der Waals surface area contributed by atoms with E-state index in [1.807, 2.05) is 0 Å². The van der Waals surface area contributed by atoms with Crippen molar-refractivity contribution in [2.45, 2.75) is 52.4 Å². The molecule has 0 bridgehead atoms. The van der Waals surface area contributed by atoms with Gasteiger partial charge in [0.25, 0.3) is 0 Å². The predicted molar refractivity (Wildman–Crippen MR) is 66.9 cm³/mol. The third kappa shape index (κ3) is 9.61. The number of hydrogen-bond donors (Lipinski definition) is 1. The average Bonchev–Trinajstić information content (AvgIpc) is 2.24. The third-order valence-electron chi connectivity index (χ3n) is 3.21. The van der Waals surface area contributed by atoms with Crippen LogP contribution in [0, 0.1) is 0 Å². The minimum absolute atomic E-state index is 0. The van der Waals surface area contributed by atoms with Crippen LogP contribution < -0.4 is 17.0 Å². The van der Waals surface area contributed by atoms with Crippen molar-refractivity contribution in [3.63, 3.8) is 0 Å². The Bertz CT molecular complexity index is 134. The second kappa shape index (κ2) is 11.9. The largest absolute Gasteiger partial charge is 1.00 e. The summed E-state index contributed by atoms with van der Waals surface area (Å²) in [6, 6.07) is 0. The van der Waals surface area contributed by atoms with Gasteiger partial charge in [0, 0.05) is 6.61 Å². The Morgan fingerprint density at radius 1 is 0.812 bits per heavy atom. The van der Waals surface area contributed by atoms with Gasteiger partial charge in [0.1, 0.15) is 0 Å². The number of aliphatic hydroxyl groups is 1. The van der Waals surface area contributed by atoms with Gasteiger partial charge in [0.05, 0.1) is 26.7 Å². The van der Waals surface area contributed by atoms with E-state index in [4.69, 9.17) is 5.11 Å². The van der Waals surface area contributed by atoms with Crippen LogP contribution >= 0.6 is 0 Å². The lowest BCUT2D eigenvalue weighted by molar-refractivity contribution is -0.910. The highest BCUT2D eigenvalue weighted by Gasteiger charge is 2.19. The fourth-order valence-corrected chi connectivity index (χ4v) is 2.02. The second-order valence-electron chi connectivity index (χ2n) is 4.93. The van der Waals surface area contributed by atoms with Crippen LogP contribution in [0.5, 0.6) is 0 Å². The van der Waals surface area contributed by atoms with Crippen molar-refractivity contribution in [2.24, 2.45) is 0 Å². The van der Waals surface area contributed by atoms with Gasteiger partial charge in [0.15, 0.2) is 0 Å². The standard InChI is InChI=1S/C13H30NO.BrH/c1-4-6-10-14(3,11-7-5-2)12-8-9-13-15;/h15H,4-13H2,1-3H3;1H/q+1;/p-1. The lowest BCUT2D eigenvalue weighted by Crippen LogP contribution is -3.00. The molecule has 0 spiro atoms. The van der Waals surface area contributed by atoms with E-state index in [1.54, 1.807) is 0 Å². The van der Waals surface area contributed by atoms with Gasteiger partial charge in [-0.1, -0.05) is 26.7 Å². The number of aliphatic hydroxyl groups excluding tert-OH is 1. The predicted octanol–water partition coefficient (Wildman–Crippen LogP) is -0.190. The molecule has 0 aromatic heterocycles. The van der Waals surface area contributed by atoms with E-state index in [0.717, 1.165) is 6.42 Å². The zero-order valence-electron chi connectivity index (χ0n) is 11.3. The maximum absolute atomic E-state index is 8.81. The molecule has 0 saturated heterocycles. The number of halogens is 1. The molecular formula is C13H30BrNO. The molecule has 0 aromatic carbocycles. The average molecular weight is 296 g/mol. The van der Waals surface area contributed by atoms with Crippen molar-refractivity contribution in [3.8, 4) is 0 Å². The first kappa shape index (κ1) is 18.8. The summed E-state index contributed by atoms with van der Waals surface area (Å²) in [6.45, 7) is 8.72. The monoisotopic (exact) mass is 295 g/mol. The quantitative estimate of drug-likeness (QED) is 0.438. The van der Waals surface area contributed by atoms with Crippen LogP contribution in [0.1, 0.15) is 52.4 Å². The SMILES string of the molecule is CCCC[N+](C)(CCCC)CCCCO.[Br-]. The van der Waals surface area contributed by atoms with Gasteiger partial charge in [-0.25, -0.2) is 0 Å². The highest BCUT2D eigenvalue weighted by Crippen LogP contribution is 2.10. The smallest absolute Gasteiger partial charge is 0.0785 e. The summed E-state index contributed by atoms with van der Waals surface area (Å²) in [5.74, 6) is 0. The molecule has 0 saturated carbocycles. The molecule has 1 N–H and O–H groups in total. The number of rotatable bonds is 10. The minimum atomic E-state index is 0. The van der Waals surface area contributed by atoms with E-state index >= 15 is 0 Å². The summed E-state index contributed by atoms with van der Waals surface area (Å²) < 4.78 is 1.21. The zero-order valence-corrected chi connectivity index (χ0v) is 12.9. The van der Waals surface area contributed by atoms with Crippen LogP contribution in [0.2, 0.25) is 0 Å². The molecule has 0 heterocycles. The van der Waals surface area contributed by atoms with Crippen molar-refractivity contribution in [3.05, 3.63) is 0 Å². The lowest BCUT2D eigenvalue weighted by atomic mass is 10.2. The van der Waals surface area contributed by atoms with Gasteiger partial charge in [-0.3, -0.25) is 0 Å². The molecule has 0 fully saturated rings. The normalized spacial score (nSPS) is 11.2. The fraction of sp³-hybridized carbons (Fsp3) is 1.00. The third-order valence-corrected chi connectivity index (χ3v) is 3.21. The first-order valence-corrected chi connectivity index (χ1v) is 6.63. The second-order valence-corrected chi connectivity index (χ2v) is 4.93. The highest BCUT2D eigenvalue weighted by molar-refractivity contribution is 4.45. The van der Waals surface area contributed by atoms with E-state index in [1.165, 1.54) is 56.2 Å². The molecule has 0 unspecified atom stereocenters. The first-order valence-electron chi connectivity index (χ1n) is 6.63. The van der Waals surface area contributed by atoms with E-state index in [9.17, 15) is 0 Å². The molecule has 0 aliphatic heterocycles. The van der Waals surface area contributed by atoms with E-state index in [0.29, 0.717) is 6.61 Å². The molecule has 0 aliphatic carbocycles. The molecule has 0 amide bonds. The molecular weight excluding hydrogens is 266 g/mol. The van der Waals surface area contributed by atoms with Crippen molar-refractivity contribution in [1.82, 2.24) is 0 Å². The summed E-state index contributed by atoms with van der Waals surface area (Å²) in [4.78, 5) is 0. The Morgan fingerprint density at radius 2 is 1.25 bits per heavy atom. The molecule has 0 radical (unpaired) electrons. The lowest BCUT2D eigenvalue weighted by Gasteiger charge is -2.34. The number of hydrogen-bond acceptors (Lipinski definition) is 1. The Hall–Kier alpha value is 0.400. The van der Waals surface area contributed by atoms with Crippen molar-refractivity contribution in [2.75, 3.05) is 33.3 Å². The Balaban J connectivity index is 0. The van der Waals surface area contributed by atoms with Crippen LogP contribution in [0.3, 0.4) is 0 Å². The van der Waals surface area contributed by atoms with Crippen molar-refractivity contribution >= 4 is 0 Å². The molecule has 3 heteroatoms. The Morgan fingerprint density at radius 3 is 1.62 bits per heavy atom. The van der Waals surface area contributed by atoms with Gasteiger partial charge in [-0.05, 0) is 25.7 Å². The van der Waals surface area contributed by atoms with E-state index < -0.39 is 0 Å². The van der Waals surface area contributed by atoms with Crippen LogP contribution in [0.4, 0.5) is 0 Å². The van der Waals surface area contributed by atoms with Gasteiger partial charge >= 0.3 is 0 Å². The first-order chi connectivity index (χ1) is 7.18. The summed E-state index contributed by atoms with van der Waals surface area (Å²) in [5, 5.41) is 8.81. The number of nitrogens with zero attached hydrogens (tertiary/aromatic N) is 1. The summed E-state index contributed by atoms with van der Waals surface area (Å²) in [7, 11) is 2.38. The minimum Gasteiger partial charge on any atom is -1.00 e. The van der Waals surface area contributed by atoms with Gasteiger partial charge in [-0.15, -0.1) is 0 Å². The van der Waals surface area contributed by atoms with Crippen LogP contribution in [-0.2, 0) is 0 Å². The van der Waals surface area contributed by atoms with Crippen LogP contribution in [-0.4, -0.2) is 42.9 Å². The Kier molecular flexibility index (Phi) is 13.9. The molecule has 16 heavy (non-hydrogen) atoms. The zero-order chi connectivity index (χ0) is 11.6. The number of unbranched alkanes of at least 4 members (excludes halogenated alkanes) is 3. The molecule has 0 rings (SSSR count). The van der Waals surface area contributed by atoms with Gasteiger partial charge in [0.2, 0.25) is 0 Å². The summed E-state index contributed by atoms with van der Waals surface area (Å²) in [5.41, 5.74) is 0. The van der Waals surface area contributed by atoms with Crippen molar-refractivity contribution in [1.29, 1.82) is 0 Å². The van der Waals surface area contributed by atoms with Gasteiger partial charge < -0.3 is 26.6 Å². The van der Waals surface area contributed by atoms with Gasteiger partial charge in [-0.2, -0.15) is 0 Å². The Labute approximate surface area is 112 Å².